The molecular formula is C15H28N2O4S. The highest BCUT2D eigenvalue weighted by atomic mass is 32.3. The van der Waals surface area contributed by atoms with E-state index in [9.17, 15) is 0 Å². The summed E-state index contributed by atoms with van der Waals surface area (Å²) < 4.78 is 31.6. The maximum Gasteiger partial charge on any atom is 0.394 e. The van der Waals surface area contributed by atoms with Crippen LogP contribution < -0.4 is 0 Å². The maximum atomic E-state index is 8.74. The topological polar surface area (TPSA) is 81.1 Å². The molecule has 4 fully saturated rings. The van der Waals surface area contributed by atoms with Gasteiger partial charge in [-0.3, -0.25) is 18.9 Å². The molecule has 4 atom stereocenters. The normalized spacial score (nSPS) is 39.2. The average Bonchev–Trinajstić information content (AvgIpc) is 2.46. The number of rotatable bonds is 0. The first-order chi connectivity index (χ1) is 10.4. The third-order valence-electron chi connectivity index (χ3n) is 5.96. The third kappa shape index (κ3) is 4.00. The van der Waals surface area contributed by atoms with Gasteiger partial charge in [0.05, 0.1) is 0 Å². The van der Waals surface area contributed by atoms with Crippen molar-refractivity contribution in [3.8, 4) is 0 Å². The molecule has 0 aromatic rings. The second-order valence-electron chi connectivity index (χ2n) is 7.32. The van der Waals surface area contributed by atoms with E-state index in [2.05, 4.69) is 9.80 Å². The van der Waals surface area contributed by atoms with Crippen molar-refractivity contribution < 1.29 is 17.5 Å². The van der Waals surface area contributed by atoms with Gasteiger partial charge in [0.1, 0.15) is 0 Å². The zero-order valence-corrected chi connectivity index (χ0v) is 13.9. The smallest absolute Gasteiger partial charge is 0.300 e. The van der Waals surface area contributed by atoms with Crippen molar-refractivity contribution in [2.24, 2.45) is 11.8 Å². The van der Waals surface area contributed by atoms with E-state index >= 15 is 0 Å². The van der Waals surface area contributed by atoms with E-state index in [1.807, 2.05) is 0 Å². The van der Waals surface area contributed by atoms with Crippen molar-refractivity contribution in [2.75, 3.05) is 26.2 Å². The number of hydrogen-bond acceptors (Lipinski definition) is 4. The Morgan fingerprint density at radius 3 is 1.59 bits per heavy atom. The second-order valence-corrected chi connectivity index (χ2v) is 8.22. The zero-order chi connectivity index (χ0) is 15.7. The minimum Gasteiger partial charge on any atom is -0.300 e. The van der Waals surface area contributed by atoms with Crippen LogP contribution in [0.4, 0.5) is 0 Å². The lowest BCUT2D eigenvalue weighted by molar-refractivity contribution is -0.0718. The molecule has 0 aromatic heterocycles. The van der Waals surface area contributed by atoms with Gasteiger partial charge in [-0.15, -0.1) is 0 Å². The van der Waals surface area contributed by atoms with E-state index < -0.39 is 10.4 Å². The lowest BCUT2D eigenvalue weighted by Crippen LogP contribution is -2.63. The number of nitrogens with zero attached hydrogens (tertiary/aromatic N) is 2. The van der Waals surface area contributed by atoms with Gasteiger partial charge in [-0.25, -0.2) is 0 Å². The predicted octanol–water partition coefficient (Wildman–Crippen LogP) is 1.69. The summed E-state index contributed by atoms with van der Waals surface area (Å²) in [6, 6.07) is 1.92. The van der Waals surface area contributed by atoms with Crippen molar-refractivity contribution in [1.82, 2.24) is 9.80 Å². The Hall–Kier alpha value is -0.210. The predicted molar refractivity (Wildman–Crippen MR) is 84.2 cm³/mol. The summed E-state index contributed by atoms with van der Waals surface area (Å²) in [5, 5.41) is 0. The Balaban J connectivity index is 0.000000254. The van der Waals surface area contributed by atoms with E-state index in [1.54, 1.807) is 6.42 Å². The molecule has 4 saturated heterocycles. The fourth-order valence-electron chi connectivity index (χ4n) is 5.25. The zero-order valence-electron chi connectivity index (χ0n) is 13.1. The first-order valence-electron chi connectivity index (χ1n) is 8.60. The molecule has 1 unspecified atom stereocenters. The molecule has 4 heterocycles. The molecule has 2 bridgehead atoms. The Morgan fingerprint density at radius 1 is 0.773 bits per heavy atom. The Morgan fingerprint density at radius 2 is 1.18 bits per heavy atom. The van der Waals surface area contributed by atoms with E-state index in [-0.39, 0.29) is 0 Å². The molecule has 0 radical (unpaired) electrons. The van der Waals surface area contributed by atoms with Crippen LogP contribution in [0.1, 0.15) is 44.9 Å². The largest absolute Gasteiger partial charge is 0.394 e. The van der Waals surface area contributed by atoms with Crippen LogP contribution >= 0.6 is 0 Å². The van der Waals surface area contributed by atoms with Gasteiger partial charge in [0.25, 0.3) is 0 Å². The molecule has 0 aliphatic carbocycles. The van der Waals surface area contributed by atoms with Crippen LogP contribution in [0.5, 0.6) is 0 Å². The van der Waals surface area contributed by atoms with Crippen LogP contribution in [0, 0.1) is 11.8 Å². The van der Waals surface area contributed by atoms with E-state index in [0.717, 1.165) is 23.9 Å². The summed E-state index contributed by atoms with van der Waals surface area (Å²) in [4.78, 5) is 5.74. The van der Waals surface area contributed by atoms with Gasteiger partial charge in [-0.05, 0) is 57.0 Å². The lowest BCUT2D eigenvalue weighted by Gasteiger charge is -2.57. The highest BCUT2D eigenvalue weighted by Gasteiger charge is 2.46. The second kappa shape index (κ2) is 6.73. The van der Waals surface area contributed by atoms with Gasteiger partial charge in [0, 0.05) is 25.2 Å². The summed E-state index contributed by atoms with van der Waals surface area (Å²) in [6.45, 7) is 5.68. The molecule has 6 nitrogen and oxygen atoms in total. The summed E-state index contributed by atoms with van der Waals surface area (Å²) >= 11 is 0. The highest BCUT2D eigenvalue weighted by molar-refractivity contribution is 7.79. The van der Waals surface area contributed by atoms with Crippen LogP contribution in [-0.4, -0.2) is 65.6 Å². The van der Waals surface area contributed by atoms with Crippen molar-refractivity contribution in [2.45, 2.75) is 57.0 Å². The average molecular weight is 332 g/mol. The molecule has 4 aliphatic rings. The number of hydrogen-bond donors (Lipinski definition) is 2. The van der Waals surface area contributed by atoms with Gasteiger partial charge < -0.3 is 0 Å². The molecule has 2 N–H and O–H groups in total. The Bertz CT molecular complexity index is 448. The van der Waals surface area contributed by atoms with Crippen molar-refractivity contribution in [3.63, 3.8) is 0 Å². The Labute approximate surface area is 133 Å². The fourth-order valence-corrected chi connectivity index (χ4v) is 5.25. The quantitative estimate of drug-likeness (QED) is 0.657. The van der Waals surface area contributed by atoms with Gasteiger partial charge >= 0.3 is 10.4 Å². The first-order valence-corrected chi connectivity index (χ1v) is 9.99. The molecule has 0 aromatic carbocycles. The molecule has 0 saturated carbocycles. The van der Waals surface area contributed by atoms with E-state index in [4.69, 9.17) is 17.5 Å². The standard InChI is InChI=1S/C15H26N2.H2O4S/c1-3-7-16-11-13-9-12(14(16)5-1)10-17-8-4-2-6-15(13)17;1-5(2,3)4/h12-15H,1-11H2;(H2,1,2,3,4)/t12-,13?,14+,15-;/m0./s1. The van der Waals surface area contributed by atoms with Crippen molar-refractivity contribution in [3.05, 3.63) is 0 Å². The minimum absolute atomic E-state index is 0.961. The molecule has 4 rings (SSSR count). The SMILES string of the molecule is C1CCN2CC3C[C@@H](CN4CCCC[C@@H]34)[C@H]2C1.O=S(=O)(O)O. The van der Waals surface area contributed by atoms with Crippen molar-refractivity contribution >= 4 is 10.4 Å². The summed E-state index contributed by atoms with van der Waals surface area (Å²) in [7, 11) is -4.67. The number of piperidine rings is 4. The van der Waals surface area contributed by atoms with E-state index in [0.29, 0.717) is 0 Å². The molecule has 0 spiro atoms. The van der Waals surface area contributed by atoms with Crippen LogP contribution in [0.2, 0.25) is 0 Å². The van der Waals surface area contributed by atoms with Gasteiger partial charge in [0.2, 0.25) is 0 Å². The Kier molecular flexibility index (Phi) is 5.09. The fraction of sp³-hybridized carbons (Fsp3) is 1.00. The molecule has 22 heavy (non-hydrogen) atoms. The van der Waals surface area contributed by atoms with Gasteiger partial charge in [-0.2, -0.15) is 8.42 Å². The maximum absolute atomic E-state index is 8.74. The summed E-state index contributed by atoms with van der Waals surface area (Å²) in [5.74, 6) is 2.03. The molecule has 7 heteroatoms. The third-order valence-corrected chi connectivity index (χ3v) is 5.96. The van der Waals surface area contributed by atoms with Crippen LogP contribution in [0.15, 0.2) is 0 Å². The van der Waals surface area contributed by atoms with Crippen LogP contribution in [-0.2, 0) is 10.4 Å². The van der Waals surface area contributed by atoms with Crippen LogP contribution in [0.25, 0.3) is 0 Å². The minimum atomic E-state index is -4.67. The summed E-state index contributed by atoms with van der Waals surface area (Å²) in [6.07, 6.45) is 10.5. The molecular weight excluding hydrogens is 304 g/mol. The van der Waals surface area contributed by atoms with E-state index in [1.165, 1.54) is 64.7 Å². The highest BCUT2D eigenvalue weighted by Crippen LogP contribution is 2.42. The summed E-state index contributed by atoms with van der Waals surface area (Å²) in [5.41, 5.74) is 0. The monoisotopic (exact) mass is 332 g/mol. The lowest BCUT2D eigenvalue weighted by atomic mass is 9.71. The molecule has 4 aliphatic heterocycles. The van der Waals surface area contributed by atoms with Crippen molar-refractivity contribution in [1.29, 1.82) is 0 Å². The number of fused-ring (bicyclic) bond motifs is 6. The molecule has 0 amide bonds. The molecule has 128 valence electrons. The first kappa shape index (κ1) is 16.6. The van der Waals surface area contributed by atoms with Crippen LogP contribution in [0.3, 0.4) is 0 Å². The van der Waals surface area contributed by atoms with Gasteiger partial charge in [0.15, 0.2) is 0 Å². The van der Waals surface area contributed by atoms with Gasteiger partial charge in [-0.1, -0.05) is 12.8 Å².